The number of likely N-dealkylation sites (N-methyl/N-ethyl adjacent to an activating group) is 1. The van der Waals surface area contributed by atoms with Crippen LogP contribution in [0.15, 0.2) is 35.2 Å². The van der Waals surface area contributed by atoms with Gasteiger partial charge in [0.25, 0.3) is 5.91 Å². The van der Waals surface area contributed by atoms with Gasteiger partial charge in [-0.05, 0) is 55.7 Å². The monoisotopic (exact) mass is 465 g/mol. The standard InChI is InChI=1S/C21H24ClN3O5S/c1-5-17-21(27)24-16-9-13(3)19(10-18(16)30-17)31(28,29)25(4)11-20(26)23-15-7-6-14(22)8-12(15)2/h6-10,17H,5,11H2,1-4H3,(H,23,26)(H,24,27)/t17-/m1/s1. The second-order valence-corrected chi connectivity index (χ2v) is 9.84. The van der Waals surface area contributed by atoms with Crippen LogP contribution in [0.4, 0.5) is 11.4 Å². The third-order valence-corrected chi connectivity index (χ3v) is 7.16. The van der Waals surface area contributed by atoms with Crippen molar-refractivity contribution in [2.24, 2.45) is 0 Å². The molecule has 2 N–H and O–H groups in total. The van der Waals surface area contributed by atoms with Gasteiger partial charge in [0.05, 0.1) is 17.1 Å². The van der Waals surface area contributed by atoms with Crippen LogP contribution in [0, 0.1) is 13.8 Å². The van der Waals surface area contributed by atoms with E-state index in [9.17, 15) is 18.0 Å². The highest BCUT2D eigenvalue weighted by molar-refractivity contribution is 7.89. The summed E-state index contributed by atoms with van der Waals surface area (Å²) in [5.74, 6) is -0.469. The Kier molecular flexibility index (Phi) is 6.59. The molecule has 1 aliphatic heterocycles. The Morgan fingerprint density at radius 3 is 2.58 bits per heavy atom. The third kappa shape index (κ3) is 4.84. The Morgan fingerprint density at radius 2 is 1.94 bits per heavy atom. The quantitative estimate of drug-likeness (QED) is 0.680. The molecule has 1 atom stereocenters. The van der Waals surface area contributed by atoms with Gasteiger partial charge in [-0.25, -0.2) is 8.42 Å². The van der Waals surface area contributed by atoms with E-state index in [0.717, 1.165) is 9.87 Å². The number of hydrogen-bond acceptors (Lipinski definition) is 5. The zero-order chi connectivity index (χ0) is 22.9. The van der Waals surface area contributed by atoms with Gasteiger partial charge in [0, 0.05) is 23.8 Å². The molecule has 0 unspecified atom stereocenters. The van der Waals surface area contributed by atoms with Crippen LogP contribution < -0.4 is 15.4 Å². The van der Waals surface area contributed by atoms with Crippen molar-refractivity contribution in [3.8, 4) is 5.75 Å². The molecule has 0 saturated heterocycles. The van der Waals surface area contributed by atoms with Crippen LogP contribution >= 0.6 is 11.6 Å². The first kappa shape index (κ1) is 23.1. The number of fused-ring (bicyclic) bond motifs is 1. The normalized spacial score (nSPS) is 15.8. The van der Waals surface area contributed by atoms with Crippen molar-refractivity contribution in [1.29, 1.82) is 0 Å². The van der Waals surface area contributed by atoms with Crippen molar-refractivity contribution in [2.45, 2.75) is 38.2 Å². The van der Waals surface area contributed by atoms with E-state index in [1.807, 2.05) is 0 Å². The molecule has 8 nitrogen and oxygen atoms in total. The number of rotatable bonds is 6. The van der Waals surface area contributed by atoms with E-state index in [1.54, 1.807) is 45.0 Å². The van der Waals surface area contributed by atoms with Crippen LogP contribution in [0.3, 0.4) is 0 Å². The SMILES string of the molecule is CC[C@H]1Oc2cc(S(=O)(=O)N(C)CC(=O)Nc3ccc(Cl)cc3C)c(C)cc2NC1=O. The van der Waals surface area contributed by atoms with Crippen molar-refractivity contribution < 1.29 is 22.7 Å². The van der Waals surface area contributed by atoms with Gasteiger partial charge in [-0.1, -0.05) is 18.5 Å². The molecule has 3 rings (SSSR count). The minimum Gasteiger partial charge on any atom is -0.478 e. The highest BCUT2D eigenvalue weighted by Gasteiger charge is 2.31. The maximum absolute atomic E-state index is 13.1. The van der Waals surface area contributed by atoms with Gasteiger partial charge in [0.1, 0.15) is 5.75 Å². The van der Waals surface area contributed by atoms with Gasteiger partial charge in [0.15, 0.2) is 6.10 Å². The fourth-order valence-electron chi connectivity index (χ4n) is 3.24. The van der Waals surface area contributed by atoms with Gasteiger partial charge in [-0.15, -0.1) is 0 Å². The molecule has 2 aromatic rings. The van der Waals surface area contributed by atoms with Crippen molar-refractivity contribution in [3.05, 3.63) is 46.5 Å². The maximum atomic E-state index is 13.1. The molecule has 1 aliphatic rings. The number of carbonyl (C=O) groups is 2. The molecule has 0 radical (unpaired) electrons. The Balaban J connectivity index is 1.80. The number of amides is 2. The van der Waals surface area contributed by atoms with Crippen LogP contribution in [0.1, 0.15) is 24.5 Å². The highest BCUT2D eigenvalue weighted by atomic mass is 35.5. The highest BCUT2D eigenvalue weighted by Crippen LogP contribution is 2.35. The zero-order valence-electron chi connectivity index (χ0n) is 17.7. The smallest absolute Gasteiger partial charge is 0.265 e. The Labute approximate surface area is 186 Å². The molecule has 0 spiro atoms. The number of nitrogens with one attached hydrogen (secondary N) is 2. The lowest BCUT2D eigenvalue weighted by Crippen LogP contribution is -2.37. The van der Waals surface area contributed by atoms with Crippen molar-refractivity contribution >= 4 is 44.8 Å². The topological polar surface area (TPSA) is 105 Å². The van der Waals surface area contributed by atoms with Gasteiger partial charge >= 0.3 is 0 Å². The molecule has 2 aromatic carbocycles. The minimum absolute atomic E-state index is 0.00947. The van der Waals surface area contributed by atoms with Gasteiger partial charge in [0.2, 0.25) is 15.9 Å². The molecular weight excluding hydrogens is 442 g/mol. The van der Waals surface area contributed by atoms with E-state index in [1.165, 1.54) is 13.1 Å². The first-order valence-corrected chi connectivity index (χ1v) is 11.5. The Bertz CT molecular complexity index is 1150. The molecule has 0 fully saturated rings. The molecule has 0 aliphatic carbocycles. The Morgan fingerprint density at radius 1 is 1.23 bits per heavy atom. The molecule has 0 bridgehead atoms. The van der Waals surface area contributed by atoms with Crippen LogP contribution in [0.5, 0.6) is 5.75 Å². The predicted octanol–water partition coefficient (Wildman–Crippen LogP) is 3.33. The molecule has 10 heteroatoms. The van der Waals surface area contributed by atoms with Gasteiger partial charge in [-0.3, -0.25) is 9.59 Å². The molecule has 0 saturated carbocycles. The number of carbonyl (C=O) groups excluding carboxylic acids is 2. The summed E-state index contributed by atoms with van der Waals surface area (Å²) in [5, 5.41) is 5.97. The fourth-order valence-corrected chi connectivity index (χ4v) is 4.81. The lowest BCUT2D eigenvalue weighted by molar-refractivity contribution is -0.123. The van der Waals surface area contributed by atoms with Crippen LogP contribution in [0.2, 0.25) is 5.02 Å². The first-order valence-electron chi connectivity index (χ1n) is 9.67. The van der Waals surface area contributed by atoms with E-state index in [0.29, 0.717) is 28.4 Å². The van der Waals surface area contributed by atoms with Crippen molar-refractivity contribution in [1.82, 2.24) is 4.31 Å². The minimum atomic E-state index is -3.99. The molecular formula is C21H24ClN3O5S. The van der Waals surface area contributed by atoms with Gasteiger partial charge < -0.3 is 15.4 Å². The number of aryl methyl sites for hydroxylation is 2. The van der Waals surface area contributed by atoms with Crippen LogP contribution in [0.25, 0.3) is 0 Å². The second kappa shape index (κ2) is 8.86. The number of anilines is 2. The van der Waals surface area contributed by atoms with E-state index in [2.05, 4.69) is 10.6 Å². The number of sulfonamides is 1. The zero-order valence-corrected chi connectivity index (χ0v) is 19.2. The molecule has 2 amide bonds. The summed E-state index contributed by atoms with van der Waals surface area (Å²) in [4.78, 5) is 24.4. The van der Waals surface area contributed by atoms with Crippen LogP contribution in [-0.4, -0.2) is 44.2 Å². The number of nitrogens with zero attached hydrogens (tertiary/aromatic N) is 1. The Hall–Kier alpha value is -2.62. The molecule has 31 heavy (non-hydrogen) atoms. The fraction of sp³-hybridized carbons (Fsp3) is 0.333. The number of hydrogen-bond donors (Lipinski definition) is 2. The van der Waals surface area contributed by atoms with E-state index in [4.69, 9.17) is 16.3 Å². The van der Waals surface area contributed by atoms with Gasteiger partial charge in [-0.2, -0.15) is 4.31 Å². The summed E-state index contributed by atoms with van der Waals surface area (Å²) in [7, 11) is -2.65. The largest absolute Gasteiger partial charge is 0.478 e. The summed E-state index contributed by atoms with van der Waals surface area (Å²) >= 11 is 5.92. The number of ether oxygens (including phenoxy) is 1. The second-order valence-electron chi connectivity index (χ2n) is 7.39. The maximum Gasteiger partial charge on any atom is 0.265 e. The summed E-state index contributed by atoms with van der Waals surface area (Å²) in [6, 6.07) is 7.95. The average molecular weight is 466 g/mol. The first-order chi connectivity index (χ1) is 14.5. The van der Waals surface area contributed by atoms with E-state index < -0.39 is 22.0 Å². The van der Waals surface area contributed by atoms with Crippen LogP contribution in [-0.2, 0) is 19.6 Å². The summed E-state index contributed by atoms with van der Waals surface area (Å²) < 4.78 is 32.9. The average Bonchev–Trinajstić information content (AvgIpc) is 2.69. The number of halogens is 1. The molecule has 1 heterocycles. The van der Waals surface area contributed by atoms with E-state index in [-0.39, 0.29) is 23.1 Å². The summed E-state index contributed by atoms with van der Waals surface area (Å²) in [5.41, 5.74) is 2.17. The summed E-state index contributed by atoms with van der Waals surface area (Å²) in [6.07, 6.45) is -0.234. The molecule has 0 aromatic heterocycles. The predicted molar refractivity (Wildman–Crippen MR) is 119 cm³/mol. The summed E-state index contributed by atoms with van der Waals surface area (Å²) in [6.45, 7) is 4.84. The third-order valence-electron chi connectivity index (χ3n) is 4.98. The van der Waals surface area contributed by atoms with E-state index >= 15 is 0 Å². The lowest BCUT2D eigenvalue weighted by Gasteiger charge is -2.27. The lowest BCUT2D eigenvalue weighted by atomic mass is 10.1. The number of benzene rings is 2. The van der Waals surface area contributed by atoms with Crippen molar-refractivity contribution in [2.75, 3.05) is 24.2 Å². The molecule has 166 valence electrons. The van der Waals surface area contributed by atoms with Crippen molar-refractivity contribution in [3.63, 3.8) is 0 Å².